The molecule has 0 unspecified atom stereocenters. The van der Waals surface area contributed by atoms with Crippen molar-refractivity contribution in [3.05, 3.63) is 0 Å². The molecule has 0 heterocycles. The fourth-order valence-corrected chi connectivity index (χ4v) is 4.48. The Bertz CT molecular complexity index is 80.3. The Morgan fingerprint density at radius 1 is 1.20 bits per heavy atom. The van der Waals surface area contributed by atoms with Gasteiger partial charge in [0.2, 0.25) is 0 Å². The van der Waals surface area contributed by atoms with Crippen LogP contribution in [0, 0.1) is 0 Å². The topological polar surface area (TPSA) is 27.7 Å². The molecule has 0 aromatic rings. The first kappa shape index (κ1) is 10.8. The lowest BCUT2D eigenvalue weighted by molar-refractivity contribution is 0.131. The molecule has 0 amide bonds. The Labute approximate surface area is 71.6 Å². The second kappa shape index (κ2) is 5.45. The first-order valence-electron chi connectivity index (χ1n) is 2.66. The van der Waals surface area contributed by atoms with Crippen molar-refractivity contribution in [2.45, 2.75) is 0 Å². The van der Waals surface area contributed by atoms with E-state index in [1.807, 2.05) is 0 Å². The number of hydrogen-bond donors (Lipinski definition) is 1. The first-order chi connectivity index (χ1) is 4.74. The van der Waals surface area contributed by atoms with Gasteiger partial charge in [-0.25, -0.2) is 0 Å². The van der Waals surface area contributed by atoms with E-state index in [1.165, 1.54) is 10.8 Å². The first-order valence-corrected chi connectivity index (χ1v) is 6.63. The minimum absolute atomic E-state index is 0.666. The molecule has 10 heavy (non-hydrogen) atoms. The maximum Gasteiger partial charge on any atom is 0.511 e. The van der Waals surface area contributed by atoms with Crippen LogP contribution < -0.4 is 0 Å². The summed E-state index contributed by atoms with van der Waals surface area (Å²) in [5.41, 5.74) is 0. The van der Waals surface area contributed by atoms with Crippen molar-refractivity contribution >= 4 is 31.3 Å². The van der Waals surface area contributed by atoms with Crippen LogP contribution in [0.4, 0.5) is 0 Å². The fraction of sp³-hybridized carbons (Fsp3) is 1.00. The highest BCUT2D eigenvalue weighted by Gasteiger charge is 2.37. The molecule has 0 N–H and O–H groups in total. The minimum Gasteiger partial charge on any atom is -0.376 e. The highest BCUT2D eigenvalue weighted by Crippen LogP contribution is 2.16. The molecule has 62 valence electrons. The van der Waals surface area contributed by atoms with E-state index in [1.54, 1.807) is 21.3 Å². The van der Waals surface area contributed by atoms with E-state index in [0.29, 0.717) is 5.38 Å². The molecular formula is C4H12O3S2Si. The zero-order valence-corrected chi connectivity index (χ0v) is 9.00. The van der Waals surface area contributed by atoms with Crippen LogP contribution in [0.1, 0.15) is 0 Å². The molecular weight excluding hydrogens is 188 g/mol. The van der Waals surface area contributed by atoms with Gasteiger partial charge < -0.3 is 13.3 Å². The summed E-state index contributed by atoms with van der Waals surface area (Å²) in [6, 6.07) is 0. The van der Waals surface area contributed by atoms with Crippen molar-refractivity contribution < 1.29 is 13.3 Å². The summed E-state index contributed by atoms with van der Waals surface area (Å²) in [5, 5.41) is 0.666. The lowest BCUT2D eigenvalue weighted by Gasteiger charge is -2.22. The van der Waals surface area contributed by atoms with Crippen LogP contribution in [0.2, 0.25) is 0 Å². The van der Waals surface area contributed by atoms with Gasteiger partial charge in [-0.2, -0.15) is 0 Å². The number of hydrogen-bond acceptors (Lipinski definition) is 5. The predicted octanol–water partition coefficient (Wildman–Crippen LogP) is 0.982. The highest BCUT2D eigenvalue weighted by molar-refractivity contribution is 8.69. The van der Waals surface area contributed by atoms with Gasteiger partial charge in [0.05, 0.1) is 5.38 Å². The smallest absolute Gasteiger partial charge is 0.376 e. The van der Waals surface area contributed by atoms with E-state index in [-0.39, 0.29) is 0 Å². The molecule has 0 aromatic carbocycles. The van der Waals surface area contributed by atoms with E-state index in [9.17, 15) is 0 Å². The third-order valence-corrected chi connectivity index (χ3v) is 6.13. The molecule has 0 rings (SSSR count). The van der Waals surface area contributed by atoms with Crippen LogP contribution >= 0.6 is 22.5 Å². The molecule has 0 bridgehead atoms. The van der Waals surface area contributed by atoms with Gasteiger partial charge >= 0.3 is 8.80 Å². The normalized spacial score (nSPS) is 12.0. The predicted molar refractivity (Wildman–Crippen MR) is 48.2 cm³/mol. The molecule has 0 saturated carbocycles. The van der Waals surface area contributed by atoms with Gasteiger partial charge in [0.15, 0.2) is 0 Å². The number of thiol groups is 1. The van der Waals surface area contributed by atoms with E-state index in [2.05, 4.69) is 11.7 Å². The second-order valence-electron chi connectivity index (χ2n) is 1.57. The molecule has 0 spiro atoms. The van der Waals surface area contributed by atoms with Crippen LogP contribution in [-0.4, -0.2) is 35.5 Å². The zero-order valence-electron chi connectivity index (χ0n) is 6.29. The van der Waals surface area contributed by atoms with Crippen molar-refractivity contribution in [1.82, 2.24) is 0 Å². The Kier molecular flexibility index (Phi) is 5.88. The largest absolute Gasteiger partial charge is 0.511 e. The lowest BCUT2D eigenvalue weighted by Crippen LogP contribution is -2.45. The Balaban J connectivity index is 3.87. The van der Waals surface area contributed by atoms with Crippen molar-refractivity contribution in [2.75, 3.05) is 26.7 Å². The molecule has 0 aromatic heterocycles. The zero-order chi connectivity index (χ0) is 8.04. The summed E-state index contributed by atoms with van der Waals surface area (Å²) in [6.07, 6.45) is 0. The van der Waals surface area contributed by atoms with Gasteiger partial charge in [-0.1, -0.05) is 10.8 Å². The van der Waals surface area contributed by atoms with Crippen molar-refractivity contribution in [2.24, 2.45) is 0 Å². The molecule has 0 aliphatic heterocycles. The summed E-state index contributed by atoms with van der Waals surface area (Å²) in [5.74, 6) is 0. The molecule has 6 heteroatoms. The van der Waals surface area contributed by atoms with E-state index < -0.39 is 8.80 Å². The molecule has 0 radical (unpaired) electrons. The highest BCUT2D eigenvalue weighted by atomic mass is 33.1. The molecule has 0 aliphatic rings. The van der Waals surface area contributed by atoms with Gasteiger partial charge in [-0.3, -0.25) is 0 Å². The summed E-state index contributed by atoms with van der Waals surface area (Å²) in [4.78, 5) is 0. The van der Waals surface area contributed by atoms with Gasteiger partial charge in [-0.05, 0) is 0 Å². The quantitative estimate of drug-likeness (QED) is 0.407. The third kappa shape index (κ3) is 2.81. The molecule has 0 fully saturated rings. The third-order valence-electron chi connectivity index (χ3n) is 1.17. The SMILES string of the molecule is CO[Si](CSS)(OC)OC. The van der Waals surface area contributed by atoms with Gasteiger partial charge in [0, 0.05) is 21.3 Å². The maximum atomic E-state index is 5.10. The average molecular weight is 200 g/mol. The molecule has 3 nitrogen and oxygen atoms in total. The maximum absolute atomic E-state index is 5.10. The summed E-state index contributed by atoms with van der Waals surface area (Å²) >= 11 is 3.99. The van der Waals surface area contributed by atoms with Crippen LogP contribution in [0.5, 0.6) is 0 Å². The Morgan fingerprint density at radius 3 is 1.70 bits per heavy atom. The second-order valence-corrected chi connectivity index (χ2v) is 6.35. The minimum atomic E-state index is -2.33. The van der Waals surface area contributed by atoms with E-state index in [4.69, 9.17) is 13.3 Å². The summed E-state index contributed by atoms with van der Waals surface area (Å²) in [6.45, 7) is 0. The summed E-state index contributed by atoms with van der Waals surface area (Å²) in [7, 11) is 3.79. The molecule has 0 aliphatic carbocycles. The van der Waals surface area contributed by atoms with Gasteiger partial charge in [0.1, 0.15) is 0 Å². The fourth-order valence-electron chi connectivity index (χ4n) is 0.506. The van der Waals surface area contributed by atoms with Crippen LogP contribution in [-0.2, 0) is 13.3 Å². The number of rotatable bonds is 5. The Morgan fingerprint density at radius 2 is 1.60 bits per heavy atom. The summed E-state index contributed by atoms with van der Waals surface area (Å²) < 4.78 is 15.3. The standard InChI is InChI=1S/C4H12O3S2Si/c1-5-10(6-2,7-3)4-9-8/h8H,4H2,1-3H3. The lowest BCUT2D eigenvalue weighted by atomic mass is 11.8. The van der Waals surface area contributed by atoms with Crippen LogP contribution in [0.25, 0.3) is 0 Å². The molecule has 0 saturated heterocycles. The van der Waals surface area contributed by atoms with Crippen molar-refractivity contribution in [1.29, 1.82) is 0 Å². The van der Waals surface area contributed by atoms with Crippen LogP contribution in [0.3, 0.4) is 0 Å². The Hall–Kier alpha value is 0.797. The average Bonchev–Trinajstić information content (AvgIpc) is 2.01. The van der Waals surface area contributed by atoms with Crippen LogP contribution in [0.15, 0.2) is 0 Å². The van der Waals surface area contributed by atoms with Crippen molar-refractivity contribution in [3.8, 4) is 0 Å². The van der Waals surface area contributed by atoms with Gasteiger partial charge in [0.25, 0.3) is 0 Å². The van der Waals surface area contributed by atoms with Gasteiger partial charge in [-0.15, -0.1) is 11.7 Å². The van der Waals surface area contributed by atoms with E-state index in [0.717, 1.165) is 0 Å². The monoisotopic (exact) mass is 200 g/mol. The van der Waals surface area contributed by atoms with Crippen molar-refractivity contribution in [3.63, 3.8) is 0 Å². The van der Waals surface area contributed by atoms with E-state index >= 15 is 0 Å². The molecule has 0 atom stereocenters.